The van der Waals surface area contributed by atoms with Crippen molar-refractivity contribution in [3.63, 3.8) is 0 Å². The third-order valence-corrected chi connectivity index (χ3v) is 1.78. The fourth-order valence-electron chi connectivity index (χ4n) is 0.500. The largest absolute Gasteiger partial charge is 0.504 e. The molecule has 0 N–H and O–H groups in total. The predicted molar refractivity (Wildman–Crippen MR) is 42.1 cm³/mol. The van der Waals surface area contributed by atoms with Crippen LogP contribution in [-0.2, 0) is 0 Å². The lowest BCUT2D eigenvalue weighted by molar-refractivity contribution is 0.314. The van der Waals surface area contributed by atoms with Crippen LogP contribution in [0.2, 0.25) is 0 Å². The van der Waals surface area contributed by atoms with Crippen LogP contribution in [-0.4, -0.2) is 0 Å². The van der Waals surface area contributed by atoms with Crippen molar-refractivity contribution >= 4 is 0 Å². The third-order valence-electron chi connectivity index (χ3n) is 1.78. The first-order valence-electron chi connectivity index (χ1n) is 3.49. The van der Waals surface area contributed by atoms with E-state index in [1.165, 1.54) is 0 Å². The molecule has 0 heteroatoms. The van der Waals surface area contributed by atoms with Gasteiger partial charge in [-0.15, -0.1) is 0 Å². The van der Waals surface area contributed by atoms with E-state index in [2.05, 4.69) is 39.8 Å². The van der Waals surface area contributed by atoms with Crippen molar-refractivity contribution in [3.05, 3.63) is 12.2 Å². The maximum Gasteiger partial charge on any atom is -0.0349 e. The summed E-state index contributed by atoms with van der Waals surface area (Å²) in [6.07, 6.45) is 5.17. The van der Waals surface area contributed by atoms with Gasteiger partial charge in [-0.3, -0.25) is 6.08 Å². The molecule has 0 rings (SSSR count). The molecule has 0 saturated heterocycles. The van der Waals surface area contributed by atoms with Crippen molar-refractivity contribution in [2.75, 3.05) is 0 Å². The molecule has 0 aromatic carbocycles. The zero-order valence-corrected chi connectivity index (χ0v) is 7.15. The van der Waals surface area contributed by atoms with E-state index in [9.17, 15) is 0 Å². The highest BCUT2D eigenvalue weighted by Gasteiger charge is 2.13. The first-order chi connectivity index (χ1) is 3.98. The smallest absolute Gasteiger partial charge is 0.0349 e. The molecule has 0 fully saturated rings. The van der Waals surface area contributed by atoms with Crippen LogP contribution in [0.5, 0.6) is 0 Å². The van der Waals surface area contributed by atoms with Gasteiger partial charge in [0.1, 0.15) is 0 Å². The fraction of sp³-hybridized carbons (Fsp3) is 0.778. The number of hydrogen-bond acceptors (Lipinski definition) is 0. The molecule has 9 heavy (non-hydrogen) atoms. The molecule has 0 aliphatic carbocycles. The van der Waals surface area contributed by atoms with E-state index in [1.54, 1.807) is 0 Å². The van der Waals surface area contributed by atoms with Gasteiger partial charge in [0.25, 0.3) is 0 Å². The SMILES string of the molecule is C[C-]=CC(C)C(C)(C)C. The Balaban J connectivity index is 3.88. The van der Waals surface area contributed by atoms with Crippen LogP contribution in [0.1, 0.15) is 34.6 Å². The molecule has 0 amide bonds. The lowest BCUT2D eigenvalue weighted by Crippen LogP contribution is -2.14. The lowest BCUT2D eigenvalue weighted by atomic mass is 9.82. The normalized spacial score (nSPS) is 16.6. The molecule has 1 atom stereocenters. The van der Waals surface area contributed by atoms with E-state index in [0.717, 1.165) is 0 Å². The Morgan fingerprint density at radius 1 is 1.33 bits per heavy atom. The third kappa shape index (κ3) is 3.34. The molecule has 0 radical (unpaired) electrons. The van der Waals surface area contributed by atoms with Crippen LogP contribution in [0.15, 0.2) is 6.08 Å². The minimum Gasteiger partial charge on any atom is -0.504 e. The number of allylic oxidation sites excluding steroid dienone is 2. The van der Waals surface area contributed by atoms with Gasteiger partial charge in [0.05, 0.1) is 0 Å². The molecule has 0 heterocycles. The van der Waals surface area contributed by atoms with Gasteiger partial charge in [-0.25, -0.2) is 0 Å². The van der Waals surface area contributed by atoms with Crippen molar-refractivity contribution in [2.24, 2.45) is 11.3 Å². The second-order valence-electron chi connectivity index (χ2n) is 3.61. The van der Waals surface area contributed by atoms with Crippen LogP contribution in [0, 0.1) is 17.4 Å². The Hall–Kier alpha value is -0.260. The molecule has 0 spiro atoms. The molecule has 0 aliphatic rings. The molecule has 0 bridgehead atoms. The second kappa shape index (κ2) is 3.05. The van der Waals surface area contributed by atoms with Crippen molar-refractivity contribution in [1.29, 1.82) is 0 Å². The summed E-state index contributed by atoms with van der Waals surface area (Å²) in [6.45, 7) is 10.9. The van der Waals surface area contributed by atoms with Crippen molar-refractivity contribution in [2.45, 2.75) is 34.6 Å². The number of hydrogen-bond donors (Lipinski definition) is 0. The van der Waals surface area contributed by atoms with Crippen LogP contribution in [0.25, 0.3) is 0 Å². The topological polar surface area (TPSA) is 0 Å². The van der Waals surface area contributed by atoms with E-state index in [1.807, 2.05) is 6.92 Å². The average molecular weight is 125 g/mol. The van der Waals surface area contributed by atoms with Crippen LogP contribution < -0.4 is 0 Å². The molecule has 0 aromatic rings. The first-order valence-corrected chi connectivity index (χ1v) is 3.49. The minimum atomic E-state index is 0.392. The van der Waals surface area contributed by atoms with Crippen LogP contribution >= 0.6 is 0 Å². The van der Waals surface area contributed by atoms with Gasteiger partial charge in [-0.05, 0) is 5.41 Å². The van der Waals surface area contributed by atoms with Crippen molar-refractivity contribution < 1.29 is 0 Å². The molecule has 0 aromatic heterocycles. The Kier molecular flexibility index (Phi) is 2.96. The Morgan fingerprint density at radius 2 is 1.78 bits per heavy atom. The highest BCUT2D eigenvalue weighted by molar-refractivity contribution is 4.85. The van der Waals surface area contributed by atoms with E-state index in [-0.39, 0.29) is 0 Å². The lowest BCUT2D eigenvalue weighted by Gasteiger charge is -2.27. The van der Waals surface area contributed by atoms with Gasteiger partial charge in [-0.2, -0.15) is 6.92 Å². The summed E-state index contributed by atoms with van der Waals surface area (Å²) in [5.41, 5.74) is 0.392. The zero-order chi connectivity index (χ0) is 7.49. The van der Waals surface area contributed by atoms with Gasteiger partial charge in [0.15, 0.2) is 0 Å². The van der Waals surface area contributed by atoms with E-state index in [0.29, 0.717) is 11.3 Å². The fourth-order valence-corrected chi connectivity index (χ4v) is 0.500. The molecule has 54 valence electrons. The number of rotatable bonds is 1. The highest BCUT2D eigenvalue weighted by atomic mass is 14.2. The maximum absolute atomic E-state index is 3.05. The first kappa shape index (κ1) is 8.74. The van der Waals surface area contributed by atoms with Gasteiger partial charge in [-0.1, -0.05) is 33.6 Å². The van der Waals surface area contributed by atoms with Gasteiger partial charge < -0.3 is 6.08 Å². The molecular formula is C9H17-. The second-order valence-corrected chi connectivity index (χ2v) is 3.61. The van der Waals surface area contributed by atoms with Crippen LogP contribution in [0.3, 0.4) is 0 Å². The van der Waals surface area contributed by atoms with Crippen LogP contribution in [0.4, 0.5) is 0 Å². The van der Waals surface area contributed by atoms with Crippen molar-refractivity contribution in [1.82, 2.24) is 0 Å². The standard InChI is InChI=1S/C9H17/c1-6-7-8(2)9(3,4)5/h7-8H,1-5H3/q-1. The summed E-state index contributed by atoms with van der Waals surface area (Å²) in [6, 6.07) is 0. The van der Waals surface area contributed by atoms with E-state index >= 15 is 0 Å². The quantitative estimate of drug-likeness (QED) is 0.472. The zero-order valence-electron chi connectivity index (χ0n) is 7.15. The minimum absolute atomic E-state index is 0.392. The summed E-state index contributed by atoms with van der Waals surface area (Å²) in [5, 5.41) is 0. The Labute approximate surface area is 59.0 Å². The predicted octanol–water partition coefficient (Wildman–Crippen LogP) is 3.05. The summed E-state index contributed by atoms with van der Waals surface area (Å²) >= 11 is 0. The van der Waals surface area contributed by atoms with E-state index in [4.69, 9.17) is 0 Å². The van der Waals surface area contributed by atoms with Crippen molar-refractivity contribution in [3.8, 4) is 0 Å². The Bertz CT molecular complexity index is 93.1. The van der Waals surface area contributed by atoms with Gasteiger partial charge >= 0.3 is 0 Å². The summed E-state index contributed by atoms with van der Waals surface area (Å²) in [4.78, 5) is 0. The summed E-state index contributed by atoms with van der Waals surface area (Å²) in [5.74, 6) is 0.627. The maximum atomic E-state index is 3.05. The molecule has 0 aliphatic heterocycles. The van der Waals surface area contributed by atoms with Gasteiger partial charge in [0, 0.05) is 0 Å². The Morgan fingerprint density at radius 3 is 1.89 bits per heavy atom. The molecule has 1 unspecified atom stereocenters. The summed E-state index contributed by atoms with van der Waals surface area (Å²) < 4.78 is 0. The van der Waals surface area contributed by atoms with E-state index < -0.39 is 0 Å². The molecule has 0 saturated carbocycles. The average Bonchev–Trinajstić information content (AvgIpc) is 1.64. The van der Waals surface area contributed by atoms with Gasteiger partial charge in [0.2, 0.25) is 0 Å². The summed E-state index contributed by atoms with van der Waals surface area (Å²) in [7, 11) is 0. The highest BCUT2D eigenvalue weighted by Crippen LogP contribution is 2.25. The molecule has 0 nitrogen and oxygen atoms in total. The monoisotopic (exact) mass is 125 g/mol. The molecular weight excluding hydrogens is 108 g/mol.